The number of nitrogens with zero attached hydrogens (tertiary/aromatic N) is 2. The Morgan fingerprint density at radius 2 is 2.46 bits per heavy atom. The van der Waals surface area contributed by atoms with E-state index in [1.54, 1.807) is 12.1 Å². The number of pyridine rings is 1. The Hall–Kier alpha value is -2.13. The van der Waals surface area contributed by atoms with Crippen LogP contribution in [0, 0.1) is 23.2 Å². The molecule has 0 atom stereocenters. The standard InChI is InChI=1S/C10H6N2O/c11-8-10-7-9(4-5-12-10)3-1-2-6-13/h4-7H,2H2. The number of nitriles is 1. The molecule has 1 aromatic heterocycles. The lowest BCUT2D eigenvalue weighted by Gasteiger charge is -1.88. The lowest BCUT2D eigenvalue weighted by atomic mass is 10.2. The zero-order chi connectivity index (χ0) is 9.52. The van der Waals surface area contributed by atoms with E-state index in [1.807, 2.05) is 6.07 Å². The molecule has 3 nitrogen and oxygen atoms in total. The lowest BCUT2D eigenvalue weighted by molar-refractivity contribution is -0.107. The van der Waals surface area contributed by atoms with Crippen molar-refractivity contribution in [1.82, 2.24) is 4.98 Å². The van der Waals surface area contributed by atoms with Gasteiger partial charge in [0.2, 0.25) is 0 Å². The maximum atomic E-state index is 9.95. The highest BCUT2D eigenvalue weighted by molar-refractivity contribution is 5.55. The Morgan fingerprint density at radius 3 is 3.15 bits per heavy atom. The number of carbonyl (C=O) groups excluding carboxylic acids is 1. The van der Waals surface area contributed by atoms with E-state index in [9.17, 15) is 4.79 Å². The van der Waals surface area contributed by atoms with Crippen LogP contribution in [0.5, 0.6) is 0 Å². The molecule has 0 spiro atoms. The average Bonchev–Trinajstić information content (AvgIpc) is 2.19. The molecule has 0 aromatic carbocycles. The van der Waals surface area contributed by atoms with Gasteiger partial charge < -0.3 is 4.79 Å². The van der Waals surface area contributed by atoms with Crippen LogP contribution < -0.4 is 0 Å². The van der Waals surface area contributed by atoms with Crippen LogP contribution in [0.1, 0.15) is 17.7 Å². The van der Waals surface area contributed by atoms with Gasteiger partial charge in [0.25, 0.3) is 0 Å². The second-order valence-electron chi connectivity index (χ2n) is 2.21. The smallest absolute Gasteiger partial charge is 0.141 e. The van der Waals surface area contributed by atoms with Gasteiger partial charge in [-0.05, 0) is 12.1 Å². The maximum absolute atomic E-state index is 9.95. The molecule has 62 valence electrons. The van der Waals surface area contributed by atoms with Crippen LogP contribution in [-0.2, 0) is 4.79 Å². The Balaban J connectivity index is 2.86. The Kier molecular flexibility index (Phi) is 3.23. The summed E-state index contributed by atoms with van der Waals surface area (Å²) in [6.45, 7) is 0. The first-order chi connectivity index (χ1) is 6.36. The second kappa shape index (κ2) is 4.69. The van der Waals surface area contributed by atoms with Crippen LogP contribution in [0.4, 0.5) is 0 Å². The van der Waals surface area contributed by atoms with Crippen molar-refractivity contribution >= 4 is 6.29 Å². The molecule has 0 aliphatic carbocycles. The fraction of sp³-hybridized carbons (Fsp3) is 0.100. The minimum absolute atomic E-state index is 0.213. The first kappa shape index (κ1) is 8.96. The van der Waals surface area contributed by atoms with Crippen molar-refractivity contribution in [2.45, 2.75) is 6.42 Å². The van der Waals surface area contributed by atoms with Gasteiger partial charge in [0.05, 0.1) is 6.42 Å². The van der Waals surface area contributed by atoms with Crippen LogP contribution >= 0.6 is 0 Å². The topological polar surface area (TPSA) is 53.8 Å². The number of carbonyl (C=O) groups is 1. The second-order valence-corrected chi connectivity index (χ2v) is 2.21. The molecule has 13 heavy (non-hydrogen) atoms. The predicted octanol–water partition coefficient (Wildman–Crippen LogP) is 0.894. The molecule has 1 aromatic rings. The van der Waals surface area contributed by atoms with Gasteiger partial charge in [0.1, 0.15) is 18.0 Å². The molecule has 0 bridgehead atoms. The summed E-state index contributed by atoms with van der Waals surface area (Å²) in [6.07, 6.45) is 2.47. The van der Waals surface area contributed by atoms with Gasteiger partial charge in [0.15, 0.2) is 0 Å². The number of aromatic nitrogens is 1. The van der Waals surface area contributed by atoms with Gasteiger partial charge in [-0.3, -0.25) is 0 Å². The van der Waals surface area contributed by atoms with Crippen molar-refractivity contribution in [2.24, 2.45) is 0 Å². The highest BCUT2D eigenvalue weighted by Gasteiger charge is 1.91. The van der Waals surface area contributed by atoms with Gasteiger partial charge in [-0.2, -0.15) is 5.26 Å². The van der Waals surface area contributed by atoms with E-state index >= 15 is 0 Å². The molecule has 0 fully saturated rings. The van der Waals surface area contributed by atoms with Gasteiger partial charge in [-0.1, -0.05) is 11.8 Å². The van der Waals surface area contributed by atoms with Crippen molar-refractivity contribution < 1.29 is 4.79 Å². The van der Waals surface area contributed by atoms with Crippen LogP contribution in [0.15, 0.2) is 18.3 Å². The number of hydrogen-bond acceptors (Lipinski definition) is 3. The third-order valence-corrected chi connectivity index (χ3v) is 1.29. The normalized spacial score (nSPS) is 7.92. The summed E-state index contributed by atoms with van der Waals surface area (Å²) in [5.41, 5.74) is 1.03. The van der Waals surface area contributed by atoms with E-state index in [2.05, 4.69) is 16.8 Å². The minimum Gasteiger partial charge on any atom is -0.302 e. The number of hydrogen-bond donors (Lipinski definition) is 0. The molecule has 0 saturated heterocycles. The molecule has 0 aliphatic heterocycles. The van der Waals surface area contributed by atoms with Crippen molar-refractivity contribution in [1.29, 1.82) is 5.26 Å². The minimum atomic E-state index is 0.213. The van der Waals surface area contributed by atoms with E-state index in [-0.39, 0.29) is 6.42 Å². The zero-order valence-corrected chi connectivity index (χ0v) is 6.82. The largest absolute Gasteiger partial charge is 0.302 e. The molecule has 1 rings (SSSR count). The van der Waals surface area contributed by atoms with E-state index < -0.39 is 0 Å². The third kappa shape index (κ3) is 2.76. The van der Waals surface area contributed by atoms with Crippen LogP contribution in [0.2, 0.25) is 0 Å². The Bertz CT molecular complexity index is 407. The van der Waals surface area contributed by atoms with Crippen LogP contribution in [-0.4, -0.2) is 11.3 Å². The molecule has 0 aliphatic rings. The average molecular weight is 170 g/mol. The van der Waals surface area contributed by atoms with Crippen molar-refractivity contribution in [3.63, 3.8) is 0 Å². The Morgan fingerprint density at radius 1 is 1.62 bits per heavy atom. The molecule has 1 heterocycles. The van der Waals surface area contributed by atoms with Gasteiger partial charge >= 0.3 is 0 Å². The van der Waals surface area contributed by atoms with Crippen molar-refractivity contribution in [2.75, 3.05) is 0 Å². The summed E-state index contributed by atoms with van der Waals surface area (Å²) < 4.78 is 0. The Labute approximate surface area is 76.0 Å². The highest BCUT2D eigenvalue weighted by Crippen LogP contribution is 1.98. The summed E-state index contributed by atoms with van der Waals surface area (Å²) in [5.74, 6) is 5.40. The fourth-order valence-electron chi connectivity index (χ4n) is 0.764. The monoisotopic (exact) mass is 170 g/mol. The van der Waals surface area contributed by atoms with Crippen LogP contribution in [0.3, 0.4) is 0 Å². The lowest BCUT2D eigenvalue weighted by Crippen LogP contribution is -1.82. The van der Waals surface area contributed by atoms with Gasteiger partial charge in [0, 0.05) is 11.8 Å². The van der Waals surface area contributed by atoms with E-state index in [1.165, 1.54) is 6.20 Å². The zero-order valence-electron chi connectivity index (χ0n) is 6.82. The summed E-state index contributed by atoms with van der Waals surface area (Å²) in [5, 5.41) is 8.52. The summed E-state index contributed by atoms with van der Waals surface area (Å²) >= 11 is 0. The highest BCUT2D eigenvalue weighted by atomic mass is 16.1. The molecular weight excluding hydrogens is 164 g/mol. The van der Waals surface area contributed by atoms with Crippen molar-refractivity contribution in [3.05, 3.63) is 29.6 Å². The van der Waals surface area contributed by atoms with Crippen molar-refractivity contribution in [3.8, 4) is 17.9 Å². The third-order valence-electron chi connectivity index (χ3n) is 1.29. The first-order valence-corrected chi connectivity index (χ1v) is 3.65. The van der Waals surface area contributed by atoms with Gasteiger partial charge in [-0.25, -0.2) is 4.98 Å². The van der Waals surface area contributed by atoms with Gasteiger partial charge in [-0.15, -0.1) is 0 Å². The first-order valence-electron chi connectivity index (χ1n) is 3.65. The van der Waals surface area contributed by atoms with E-state index in [0.717, 1.165) is 6.29 Å². The fourth-order valence-corrected chi connectivity index (χ4v) is 0.764. The molecule has 3 heteroatoms. The maximum Gasteiger partial charge on any atom is 0.141 e. The quantitative estimate of drug-likeness (QED) is 0.464. The van der Waals surface area contributed by atoms with E-state index in [4.69, 9.17) is 5.26 Å². The molecule has 0 unspecified atom stereocenters. The number of aldehydes is 1. The molecule has 0 radical (unpaired) electrons. The number of rotatable bonds is 1. The summed E-state index contributed by atoms with van der Waals surface area (Å²) in [6, 6.07) is 5.18. The van der Waals surface area contributed by atoms with Crippen LogP contribution in [0.25, 0.3) is 0 Å². The molecular formula is C10H6N2O. The summed E-state index contributed by atoms with van der Waals surface area (Å²) in [4.78, 5) is 13.7. The molecule has 0 saturated carbocycles. The molecule has 0 N–H and O–H groups in total. The SMILES string of the molecule is N#Cc1cc(C#CCC=O)ccn1. The molecule has 0 amide bonds. The predicted molar refractivity (Wildman–Crippen MR) is 46.5 cm³/mol. The summed E-state index contributed by atoms with van der Waals surface area (Å²) in [7, 11) is 0. The van der Waals surface area contributed by atoms with E-state index in [0.29, 0.717) is 11.3 Å².